The molecule has 0 fully saturated rings. The van der Waals surface area contributed by atoms with Crippen molar-refractivity contribution in [2.75, 3.05) is 25.7 Å². The minimum absolute atomic E-state index is 0.668. The number of rotatable bonds is 8. The zero-order chi connectivity index (χ0) is 14.9. The van der Waals surface area contributed by atoms with Crippen LogP contribution >= 0.6 is 23.5 Å². The van der Waals surface area contributed by atoms with Gasteiger partial charge in [0.25, 0.3) is 0 Å². The predicted octanol–water partition coefficient (Wildman–Crippen LogP) is 4.98. The highest BCUT2D eigenvalue weighted by atomic mass is 32.2. The smallest absolute Gasteiger partial charge is 0.119 e. The van der Waals surface area contributed by atoms with Crippen molar-refractivity contribution in [2.24, 2.45) is 0 Å². The molecule has 0 aliphatic rings. The Morgan fingerprint density at radius 3 is 1.38 bits per heavy atom. The molecule has 2 nitrogen and oxygen atoms in total. The molecule has 21 heavy (non-hydrogen) atoms. The van der Waals surface area contributed by atoms with Crippen LogP contribution < -0.4 is 9.47 Å². The number of benzene rings is 2. The van der Waals surface area contributed by atoms with Crippen molar-refractivity contribution in [3.05, 3.63) is 48.5 Å². The summed E-state index contributed by atoms with van der Waals surface area (Å²) < 4.78 is 11.4. The van der Waals surface area contributed by atoms with Crippen LogP contribution in [-0.2, 0) is 0 Å². The minimum Gasteiger partial charge on any atom is -0.493 e. The molecule has 0 radical (unpaired) electrons. The molecule has 0 aliphatic heterocycles. The summed E-state index contributed by atoms with van der Waals surface area (Å²) >= 11 is 3.47. The minimum atomic E-state index is 0.668. The van der Waals surface area contributed by atoms with E-state index in [2.05, 4.69) is 36.8 Å². The van der Waals surface area contributed by atoms with Gasteiger partial charge in [0.15, 0.2) is 0 Å². The molecule has 0 bridgehead atoms. The molecule has 0 amide bonds. The fourth-order valence-corrected chi connectivity index (χ4v) is 2.60. The summed E-state index contributed by atoms with van der Waals surface area (Å²) in [5.41, 5.74) is 0. The van der Waals surface area contributed by atoms with Gasteiger partial charge < -0.3 is 9.47 Å². The Morgan fingerprint density at radius 1 is 0.667 bits per heavy atom. The van der Waals surface area contributed by atoms with Crippen molar-refractivity contribution < 1.29 is 9.47 Å². The quantitative estimate of drug-likeness (QED) is 0.504. The van der Waals surface area contributed by atoms with Crippen LogP contribution in [0.4, 0.5) is 0 Å². The standard InChI is InChI=1S/C17H20O2S2/c1-20-16-8-4-14(5-9-16)18-12-3-13-19-15-6-10-17(21-2)11-7-15/h4-11H,3,12-13H2,1-2H3. The summed E-state index contributed by atoms with van der Waals surface area (Å²) in [5.74, 6) is 1.83. The molecule has 0 atom stereocenters. The van der Waals surface area contributed by atoms with E-state index in [0.29, 0.717) is 13.2 Å². The Hall–Kier alpha value is -1.26. The van der Waals surface area contributed by atoms with Gasteiger partial charge in [0.1, 0.15) is 11.5 Å². The van der Waals surface area contributed by atoms with Crippen LogP contribution in [-0.4, -0.2) is 25.7 Å². The largest absolute Gasteiger partial charge is 0.493 e. The van der Waals surface area contributed by atoms with Gasteiger partial charge in [-0.3, -0.25) is 0 Å². The fourth-order valence-electron chi connectivity index (χ4n) is 1.78. The summed E-state index contributed by atoms with van der Waals surface area (Å²) in [6, 6.07) is 16.3. The summed E-state index contributed by atoms with van der Waals surface area (Å²) in [7, 11) is 0. The van der Waals surface area contributed by atoms with Crippen LogP contribution in [0.1, 0.15) is 6.42 Å². The summed E-state index contributed by atoms with van der Waals surface area (Å²) in [4.78, 5) is 2.50. The maximum Gasteiger partial charge on any atom is 0.119 e. The third kappa shape index (κ3) is 5.56. The molecule has 2 rings (SSSR count). The van der Waals surface area contributed by atoms with Gasteiger partial charge in [-0.05, 0) is 61.0 Å². The summed E-state index contributed by atoms with van der Waals surface area (Å²) in [6.07, 6.45) is 5.01. The number of ether oxygens (including phenoxy) is 2. The van der Waals surface area contributed by atoms with Crippen LogP contribution in [0.5, 0.6) is 11.5 Å². The van der Waals surface area contributed by atoms with Crippen molar-refractivity contribution >= 4 is 23.5 Å². The molecular formula is C17H20O2S2. The van der Waals surface area contributed by atoms with E-state index < -0.39 is 0 Å². The van der Waals surface area contributed by atoms with Gasteiger partial charge in [-0.1, -0.05) is 0 Å². The first-order chi connectivity index (χ1) is 10.3. The van der Waals surface area contributed by atoms with Crippen LogP contribution in [0.3, 0.4) is 0 Å². The highest BCUT2D eigenvalue weighted by Gasteiger charge is 1.97. The van der Waals surface area contributed by atoms with Gasteiger partial charge >= 0.3 is 0 Å². The number of hydrogen-bond acceptors (Lipinski definition) is 4. The molecule has 0 heterocycles. The lowest BCUT2D eigenvalue weighted by Crippen LogP contribution is -2.04. The second-order valence-electron chi connectivity index (χ2n) is 4.40. The average molecular weight is 320 g/mol. The first-order valence-corrected chi connectivity index (χ1v) is 9.30. The van der Waals surface area contributed by atoms with Gasteiger partial charge in [0.05, 0.1) is 13.2 Å². The molecule has 0 N–H and O–H groups in total. The first kappa shape index (κ1) is 16.1. The number of thioether (sulfide) groups is 2. The van der Waals surface area contributed by atoms with E-state index in [1.807, 2.05) is 24.3 Å². The van der Waals surface area contributed by atoms with Crippen molar-refractivity contribution in [1.82, 2.24) is 0 Å². The molecule has 0 spiro atoms. The fraction of sp³-hybridized carbons (Fsp3) is 0.294. The SMILES string of the molecule is CSc1ccc(OCCCOc2ccc(SC)cc2)cc1. The third-order valence-electron chi connectivity index (χ3n) is 2.95. The molecule has 0 unspecified atom stereocenters. The highest BCUT2D eigenvalue weighted by molar-refractivity contribution is 7.98. The van der Waals surface area contributed by atoms with Gasteiger partial charge in [-0.15, -0.1) is 23.5 Å². The second kappa shape index (κ2) is 8.90. The van der Waals surface area contributed by atoms with Crippen LogP contribution in [0.2, 0.25) is 0 Å². The topological polar surface area (TPSA) is 18.5 Å². The van der Waals surface area contributed by atoms with E-state index in [-0.39, 0.29) is 0 Å². The van der Waals surface area contributed by atoms with Crippen LogP contribution in [0.15, 0.2) is 58.3 Å². The van der Waals surface area contributed by atoms with Gasteiger partial charge in [0, 0.05) is 16.2 Å². The monoisotopic (exact) mass is 320 g/mol. The molecule has 0 aromatic heterocycles. The Kier molecular flexibility index (Phi) is 6.83. The van der Waals surface area contributed by atoms with Crippen LogP contribution in [0, 0.1) is 0 Å². The number of hydrogen-bond donors (Lipinski definition) is 0. The van der Waals surface area contributed by atoms with E-state index in [1.165, 1.54) is 9.79 Å². The van der Waals surface area contributed by atoms with Crippen LogP contribution in [0.25, 0.3) is 0 Å². The Labute approximate surface area is 135 Å². The van der Waals surface area contributed by atoms with Gasteiger partial charge in [-0.25, -0.2) is 0 Å². The van der Waals surface area contributed by atoms with E-state index in [4.69, 9.17) is 9.47 Å². The van der Waals surface area contributed by atoms with Crippen molar-refractivity contribution in [3.63, 3.8) is 0 Å². The van der Waals surface area contributed by atoms with Gasteiger partial charge in [0.2, 0.25) is 0 Å². The Bertz CT molecular complexity index is 474. The summed E-state index contributed by atoms with van der Waals surface area (Å²) in [6.45, 7) is 1.34. The van der Waals surface area contributed by atoms with Crippen molar-refractivity contribution in [3.8, 4) is 11.5 Å². The lowest BCUT2D eigenvalue weighted by atomic mass is 10.3. The first-order valence-electron chi connectivity index (χ1n) is 6.85. The Balaban J connectivity index is 1.64. The van der Waals surface area contributed by atoms with Gasteiger partial charge in [-0.2, -0.15) is 0 Å². The predicted molar refractivity (Wildman–Crippen MR) is 92.1 cm³/mol. The maximum atomic E-state index is 5.69. The molecule has 2 aromatic rings. The second-order valence-corrected chi connectivity index (χ2v) is 6.16. The molecule has 0 saturated heterocycles. The van der Waals surface area contributed by atoms with Crippen molar-refractivity contribution in [2.45, 2.75) is 16.2 Å². The lowest BCUT2D eigenvalue weighted by molar-refractivity contribution is 0.247. The third-order valence-corrected chi connectivity index (χ3v) is 4.43. The molecule has 0 saturated carbocycles. The summed E-state index contributed by atoms with van der Waals surface area (Å²) in [5, 5.41) is 0. The normalized spacial score (nSPS) is 10.4. The molecule has 112 valence electrons. The molecular weight excluding hydrogens is 300 g/mol. The van der Waals surface area contributed by atoms with Crippen molar-refractivity contribution in [1.29, 1.82) is 0 Å². The molecule has 4 heteroatoms. The zero-order valence-electron chi connectivity index (χ0n) is 12.4. The van der Waals surface area contributed by atoms with E-state index in [0.717, 1.165) is 17.9 Å². The zero-order valence-corrected chi connectivity index (χ0v) is 14.0. The molecule has 0 aliphatic carbocycles. The highest BCUT2D eigenvalue weighted by Crippen LogP contribution is 2.20. The average Bonchev–Trinajstić information content (AvgIpc) is 2.55. The van der Waals surface area contributed by atoms with E-state index >= 15 is 0 Å². The van der Waals surface area contributed by atoms with E-state index in [1.54, 1.807) is 23.5 Å². The maximum absolute atomic E-state index is 5.69. The lowest BCUT2D eigenvalue weighted by Gasteiger charge is -2.08. The Morgan fingerprint density at radius 2 is 1.05 bits per heavy atom. The molecule has 2 aromatic carbocycles. The van der Waals surface area contributed by atoms with E-state index in [9.17, 15) is 0 Å².